The van der Waals surface area contributed by atoms with E-state index in [2.05, 4.69) is 4.90 Å². The lowest BCUT2D eigenvalue weighted by Crippen LogP contribution is -2.53. The summed E-state index contributed by atoms with van der Waals surface area (Å²) in [5.74, 6) is 0.164. The first kappa shape index (κ1) is 13.6. The molecule has 1 aromatic carbocycles. The van der Waals surface area contributed by atoms with Gasteiger partial charge in [-0.3, -0.25) is 9.69 Å². The number of benzene rings is 1. The normalized spacial score (nSPS) is 21.9. The fourth-order valence-corrected chi connectivity index (χ4v) is 3.10. The van der Waals surface area contributed by atoms with E-state index in [4.69, 9.17) is 4.74 Å². The maximum absolute atomic E-state index is 12.4. The average molecular weight is 274 g/mol. The van der Waals surface area contributed by atoms with E-state index in [0.717, 1.165) is 57.8 Å². The zero-order valence-corrected chi connectivity index (χ0v) is 11.8. The minimum absolute atomic E-state index is 0.164. The van der Waals surface area contributed by atoms with Crippen molar-refractivity contribution in [3.63, 3.8) is 0 Å². The van der Waals surface area contributed by atoms with Gasteiger partial charge in [0.25, 0.3) is 5.91 Å². The molecule has 0 aliphatic carbocycles. The lowest BCUT2D eigenvalue weighted by molar-refractivity contribution is 0.0137. The van der Waals surface area contributed by atoms with Gasteiger partial charge in [0.15, 0.2) is 0 Å². The topological polar surface area (TPSA) is 32.8 Å². The fraction of sp³-hybridized carbons (Fsp3) is 0.562. The minimum Gasteiger partial charge on any atom is -0.381 e. The molecular weight excluding hydrogens is 252 g/mol. The van der Waals surface area contributed by atoms with Crippen LogP contribution in [0.25, 0.3) is 0 Å². The van der Waals surface area contributed by atoms with Gasteiger partial charge in [0.05, 0.1) is 0 Å². The highest BCUT2D eigenvalue weighted by Crippen LogP contribution is 2.17. The van der Waals surface area contributed by atoms with E-state index in [-0.39, 0.29) is 5.91 Å². The van der Waals surface area contributed by atoms with Crippen LogP contribution >= 0.6 is 0 Å². The van der Waals surface area contributed by atoms with E-state index in [1.807, 2.05) is 35.2 Å². The van der Waals surface area contributed by atoms with Crippen LogP contribution in [0.3, 0.4) is 0 Å². The van der Waals surface area contributed by atoms with E-state index in [1.54, 1.807) is 0 Å². The highest BCUT2D eigenvalue weighted by atomic mass is 16.5. The molecule has 2 aliphatic heterocycles. The number of ether oxygens (including phenoxy) is 1. The summed E-state index contributed by atoms with van der Waals surface area (Å²) in [6, 6.07) is 10.2. The third kappa shape index (κ3) is 3.02. The van der Waals surface area contributed by atoms with Gasteiger partial charge in [0.1, 0.15) is 0 Å². The summed E-state index contributed by atoms with van der Waals surface area (Å²) in [4.78, 5) is 16.9. The van der Waals surface area contributed by atoms with Gasteiger partial charge < -0.3 is 9.64 Å². The molecule has 0 N–H and O–H groups in total. The molecule has 0 unspecified atom stereocenters. The second kappa shape index (κ2) is 6.37. The molecule has 1 aromatic rings. The van der Waals surface area contributed by atoms with Crippen LogP contribution in [0.4, 0.5) is 0 Å². The largest absolute Gasteiger partial charge is 0.381 e. The number of rotatable bonds is 2. The molecule has 0 atom stereocenters. The molecule has 3 rings (SSSR count). The molecule has 2 saturated heterocycles. The Bertz CT molecular complexity index is 435. The summed E-state index contributed by atoms with van der Waals surface area (Å²) in [5, 5.41) is 0. The van der Waals surface area contributed by atoms with Crippen molar-refractivity contribution in [2.75, 3.05) is 39.4 Å². The number of carbonyl (C=O) groups is 1. The van der Waals surface area contributed by atoms with Crippen LogP contribution in [0, 0.1) is 0 Å². The van der Waals surface area contributed by atoms with Crippen LogP contribution < -0.4 is 0 Å². The van der Waals surface area contributed by atoms with Crippen LogP contribution in [0.1, 0.15) is 23.2 Å². The van der Waals surface area contributed by atoms with E-state index >= 15 is 0 Å². The smallest absolute Gasteiger partial charge is 0.253 e. The quantitative estimate of drug-likeness (QED) is 0.821. The minimum atomic E-state index is 0.164. The predicted molar refractivity (Wildman–Crippen MR) is 77.8 cm³/mol. The molecular formula is C16H22N2O2. The molecule has 2 fully saturated rings. The predicted octanol–water partition coefficient (Wildman–Crippen LogP) is 1.62. The highest BCUT2D eigenvalue weighted by Gasteiger charge is 2.27. The first-order valence-corrected chi connectivity index (χ1v) is 7.51. The molecule has 1 amide bonds. The number of nitrogens with zero attached hydrogens (tertiary/aromatic N) is 2. The maximum Gasteiger partial charge on any atom is 0.253 e. The fourth-order valence-electron chi connectivity index (χ4n) is 3.10. The van der Waals surface area contributed by atoms with Crippen molar-refractivity contribution < 1.29 is 9.53 Å². The van der Waals surface area contributed by atoms with Crippen molar-refractivity contribution >= 4 is 5.91 Å². The lowest BCUT2D eigenvalue weighted by Gasteiger charge is -2.40. The summed E-state index contributed by atoms with van der Waals surface area (Å²) in [6.45, 7) is 5.42. The molecule has 0 spiro atoms. The third-order valence-corrected chi connectivity index (χ3v) is 4.33. The summed E-state index contributed by atoms with van der Waals surface area (Å²) in [5.41, 5.74) is 0.798. The Hall–Kier alpha value is -1.39. The Balaban J connectivity index is 1.54. The first-order valence-electron chi connectivity index (χ1n) is 7.51. The van der Waals surface area contributed by atoms with E-state index in [1.165, 1.54) is 0 Å². The van der Waals surface area contributed by atoms with E-state index < -0.39 is 0 Å². The summed E-state index contributed by atoms with van der Waals surface area (Å²) < 4.78 is 5.42. The Morgan fingerprint density at radius 3 is 2.30 bits per heavy atom. The maximum atomic E-state index is 12.4. The molecule has 4 nitrogen and oxygen atoms in total. The zero-order valence-electron chi connectivity index (χ0n) is 11.8. The first-order chi connectivity index (χ1) is 9.84. The standard InChI is InChI=1S/C16H22N2O2/c19-16(14-4-2-1-3-5-14)18-10-8-17(9-11-18)15-6-12-20-13-7-15/h1-5,15H,6-13H2. The van der Waals surface area contributed by atoms with Crippen LogP contribution in [-0.2, 0) is 4.74 Å². The average Bonchev–Trinajstić information content (AvgIpc) is 2.56. The SMILES string of the molecule is O=C(c1ccccc1)N1CCN(C2CCOCC2)CC1. The van der Waals surface area contributed by atoms with Crippen molar-refractivity contribution in [3.8, 4) is 0 Å². The molecule has 0 aromatic heterocycles. The van der Waals surface area contributed by atoms with Crippen molar-refractivity contribution in [2.24, 2.45) is 0 Å². The number of piperazine rings is 1. The van der Waals surface area contributed by atoms with Gasteiger partial charge in [-0.15, -0.1) is 0 Å². The van der Waals surface area contributed by atoms with Gasteiger partial charge in [0, 0.05) is 51.0 Å². The van der Waals surface area contributed by atoms with Crippen molar-refractivity contribution in [3.05, 3.63) is 35.9 Å². The Morgan fingerprint density at radius 1 is 1.00 bits per heavy atom. The van der Waals surface area contributed by atoms with Gasteiger partial charge >= 0.3 is 0 Å². The van der Waals surface area contributed by atoms with Gasteiger partial charge in [-0.2, -0.15) is 0 Å². The van der Waals surface area contributed by atoms with Crippen LogP contribution in [0.2, 0.25) is 0 Å². The molecule has 20 heavy (non-hydrogen) atoms. The summed E-state index contributed by atoms with van der Waals surface area (Å²) in [7, 11) is 0. The van der Waals surface area contributed by atoms with Crippen LogP contribution in [-0.4, -0.2) is 61.1 Å². The van der Waals surface area contributed by atoms with Crippen molar-refractivity contribution in [2.45, 2.75) is 18.9 Å². The number of hydrogen-bond donors (Lipinski definition) is 0. The summed E-state index contributed by atoms with van der Waals surface area (Å²) >= 11 is 0. The summed E-state index contributed by atoms with van der Waals surface area (Å²) in [6.07, 6.45) is 2.26. The molecule has 2 aliphatic rings. The number of carbonyl (C=O) groups excluding carboxylic acids is 1. The van der Waals surface area contributed by atoms with Gasteiger partial charge in [0.2, 0.25) is 0 Å². The Kier molecular flexibility index (Phi) is 4.33. The molecule has 2 heterocycles. The van der Waals surface area contributed by atoms with Crippen molar-refractivity contribution in [1.82, 2.24) is 9.80 Å². The molecule has 4 heteroatoms. The molecule has 0 bridgehead atoms. The van der Waals surface area contributed by atoms with Crippen LogP contribution in [0.15, 0.2) is 30.3 Å². The van der Waals surface area contributed by atoms with Gasteiger partial charge in [-0.05, 0) is 25.0 Å². The van der Waals surface area contributed by atoms with E-state index in [9.17, 15) is 4.79 Å². The second-order valence-electron chi connectivity index (χ2n) is 5.54. The molecule has 0 saturated carbocycles. The van der Waals surface area contributed by atoms with Gasteiger partial charge in [-0.25, -0.2) is 0 Å². The van der Waals surface area contributed by atoms with Crippen molar-refractivity contribution in [1.29, 1.82) is 0 Å². The van der Waals surface area contributed by atoms with Gasteiger partial charge in [-0.1, -0.05) is 18.2 Å². The Morgan fingerprint density at radius 2 is 1.65 bits per heavy atom. The van der Waals surface area contributed by atoms with Crippen LogP contribution in [0.5, 0.6) is 0 Å². The highest BCUT2D eigenvalue weighted by molar-refractivity contribution is 5.94. The Labute approximate surface area is 120 Å². The molecule has 108 valence electrons. The molecule has 0 radical (unpaired) electrons. The van der Waals surface area contributed by atoms with E-state index in [0.29, 0.717) is 6.04 Å². The zero-order chi connectivity index (χ0) is 13.8. The third-order valence-electron chi connectivity index (χ3n) is 4.33. The monoisotopic (exact) mass is 274 g/mol. The second-order valence-corrected chi connectivity index (χ2v) is 5.54. The lowest BCUT2D eigenvalue weighted by atomic mass is 10.1. The number of amides is 1. The number of hydrogen-bond acceptors (Lipinski definition) is 3.